The molecule has 3 nitrogen and oxygen atoms in total. The summed E-state index contributed by atoms with van der Waals surface area (Å²) in [5.41, 5.74) is 1.71. The maximum absolute atomic E-state index is 8.60. The molecule has 0 unspecified atom stereocenters. The minimum atomic E-state index is 0.309. The zero-order valence-corrected chi connectivity index (χ0v) is 14.1. The van der Waals surface area contributed by atoms with Crippen molar-refractivity contribution >= 4 is 29.3 Å². The summed E-state index contributed by atoms with van der Waals surface area (Å²) >= 11 is 12.0. The number of allylic oxidation sites excluding steroid dienone is 1. The SMILES string of the molecule is CCOc1cc(/C=C/C#N)ccc1OCc1ccc(Cl)cc1Cl. The minimum absolute atomic E-state index is 0.309. The highest BCUT2D eigenvalue weighted by molar-refractivity contribution is 6.35. The summed E-state index contributed by atoms with van der Waals surface area (Å²) in [5.74, 6) is 1.24. The molecule has 2 aromatic carbocycles. The van der Waals surface area contributed by atoms with Crippen molar-refractivity contribution in [2.45, 2.75) is 13.5 Å². The van der Waals surface area contributed by atoms with Crippen LogP contribution >= 0.6 is 23.2 Å². The number of ether oxygens (including phenoxy) is 2. The molecular formula is C18H15Cl2NO2. The third-order valence-electron chi connectivity index (χ3n) is 3.02. The predicted octanol–water partition coefficient (Wildman–Crippen LogP) is 5.51. The Hall–Kier alpha value is -2.15. The molecule has 0 bridgehead atoms. The van der Waals surface area contributed by atoms with Gasteiger partial charge < -0.3 is 9.47 Å². The molecule has 0 aromatic heterocycles. The van der Waals surface area contributed by atoms with E-state index in [1.807, 2.05) is 37.3 Å². The van der Waals surface area contributed by atoms with Crippen molar-refractivity contribution in [2.75, 3.05) is 6.61 Å². The van der Waals surface area contributed by atoms with E-state index in [1.54, 1.807) is 18.2 Å². The Labute approximate surface area is 145 Å². The first kappa shape index (κ1) is 17.2. The Morgan fingerprint density at radius 3 is 2.61 bits per heavy atom. The number of rotatable bonds is 6. The van der Waals surface area contributed by atoms with Crippen LogP contribution < -0.4 is 9.47 Å². The van der Waals surface area contributed by atoms with Crippen molar-refractivity contribution in [3.63, 3.8) is 0 Å². The first-order valence-corrected chi connectivity index (χ1v) is 7.79. The number of nitriles is 1. The van der Waals surface area contributed by atoms with Crippen molar-refractivity contribution < 1.29 is 9.47 Å². The zero-order valence-electron chi connectivity index (χ0n) is 12.6. The summed E-state index contributed by atoms with van der Waals surface area (Å²) in [6.07, 6.45) is 3.13. The lowest BCUT2D eigenvalue weighted by Gasteiger charge is -2.13. The van der Waals surface area contributed by atoms with Crippen LogP contribution in [-0.4, -0.2) is 6.61 Å². The molecule has 0 amide bonds. The van der Waals surface area contributed by atoms with Gasteiger partial charge in [-0.2, -0.15) is 5.26 Å². The topological polar surface area (TPSA) is 42.2 Å². The molecule has 0 heterocycles. The van der Waals surface area contributed by atoms with Crippen LogP contribution in [0, 0.1) is 11.3 Å². The van der Waals surface area contributed by atoms with Gasteiger partial charge in [-0.1, -0.05) is 35.3 Å². The van der Waals surface area contributed by atoms with Gasteiger partial charge in [-0.15, -0.1) is 0 Å². The van der Waals surface area contributed by atoms with Gasteiger partial charge in [-0.25, -0.2) is 0 Å². The van der Waals surface area contributed by atoms with E-state index < -0.39 is 0 Å². The molecule has 0 N–H and O–H groups in total. The van der Waals surface area contributed by atoms with Gasteiger partial charge in [0, 0.05) is 21.7 Å². The van der Waals surface area contributed by atoms with Gasteiger partial charge in [0.15, 0.2) is 11.5 Å². The number of halogens is 2. The maximum atomic E-state index is 8.60. The Morgan fingerprint density at radius 2 is 1.91 bits per heavy atom. The minimum Gasteiger partial charge on any atom is -0.490 e. The van der Waals surface area contributed by atoms with Gasteiger partial charge in [-0.05, 0) is 42.8 Å². The summed E-state index contributed by atoms with van der Waals surface area (Å²) < 4.78 is 11.4. The molecule has 0 aliphatic heterocycles. The normalized spacial score (nSPS) is 10.5. The second-order valence-electron chi connectivity index (χ2n) is 4.63. The molecule has 118 valence electrons. The lowest BCUT2D eigenvalue weighted by molar-refractivity contribution is 0.269. The fraction of sp³-hybridized carbons (Fsp3) is 0.167. The number of nitrogens with zero attached hydrogens (tertiary/aromatic N) is 1. The molecule has 0 radical (unpaired) electrons. The fourth-order valence-electron chi connectivity index (χ4n) is 1.94. The van der Waals surface area contributed by atoms with E-state index >= 15 is 0 Å². The van der Waals surface area contributed by atoms with E-state index in [0.717, 1.165) is 11.1 Å². The van der Waals surface area contributed by atoms with Crippen LogP contribution in [0.25, 0.3) is 6.08 Å². The van der Waals surface area contributed by atoms with E-state index in [1.165, 1.54) is 6.08 Å². The average Bonchev–Trinajstić information content (AvgIpc) is 2.53. The number of hydrogen-bond acceptors (Lipinski definition) is 3. The molecule has 0 saturated carbocycles. The van der Waals surface area contributed by atoms with Crippen molar-refractivity contribution in [1.29, 1.82) is 5.26 Å². The van der Waals surface area contributed by atoms with Crippen molar-refractivity contribution in [3.05, 3.63) is 63.6 Å². The monoisotopic (exact) mass is 347 g/mol. The Bertz CT molecular complexity index is 751. The molecule has 5 heteroatoms. The van der Waals surface area contributed by atoms with E-state index in [0.29, 0.717) is 34.8 Å². The van der Waals surface area contributed by atoms with E-state index in [-0.39, 0.29) is 0 Å². The molecule has 2 rings (SSSR count). The second kappa shape index (κ2) is 8.47. The Kier molecular flexibility index (Phi) is 6.34. The van der Waals surface area contributed by atoms with E-state index in [9.17, 15) is 0 Å². The molecule has 0 fully saturated rings. The average molecular weight is 348 g/mol. The van der Waals surface area contributed by atoms with Crippen LogP contribution in [0.5, 0.6) is 11.5 Å². The first-order chi connectivity index (χ1) is 11.1. The highest BCUT2D eigenvalue weighted by Gasteiger charge is 2.08. The third-order valence-corrected chi connectivity index (χ3v) is 3.60. The van der Waals surface area contributed by atoms with Gasteiger partial charge >= 0.3 is 0 Å². The van der Waals surface area contributed by atoms with E-state index in [2.05, 4.69) is 0 Å². The zero-order chi connectivity index (χ0) is 16.7. The summed E-state index contributed by atoms with van der Waals surface area (Å²) in [5, 5.41) is 9.74. The molecular weight excluding hydrogens is 333 g/mol. The van der Waals surface area contributed by atoms with Crippen LogP contribution in [0.1, 0.15) is 18.1 Å². The van der Waals surface area contributed by atoms with Gasteiger partial charge in [-0.3, -0.25) is 0 Å². The summed E-state index contributed by atoms with van der Waals surface area (Å²) in [4.78, 5) is 0. The maximum Gasteiger partial charge on any atom is 0.161 e. The lowest BCUT2D eigenvalue weighted by atomic mass is 10.2. The molecule has 0 aliphatic rings. The van der Waals surface area contributed by atoms with E-state index in [4.69, 9.17) is 37.9 Å². The predicted molar refractivity (Wildman–Crippen MR) is 93.1 cm³/mol. The van der Waals surface area contributed by atoms with Gasteiger partial charge in [0.1, 0.15) is 6.61 Å². The van der Waals surface area contributed by atoms with Crippen LogP contribution in [-0.2, 0) is 6.61 Å². The fourth-order valence-corrected chi connectivity index (χ4v) is 2.41. The molecule has 0 atom stereocenters. The van der Waals surface area contributed by atoms with Crippen LogP contribution in [0.15, 0.2) is 42.5 Å². The lowest BCUT2D eigenvalue weighted by Crippen LogP contribution is -2.00. The molecule has 0 spiro atoms. The molecule has 23 heavy (non-hydrogen) atoms. The van der Waals surface area contributed by atoms with Crippen molar-refractivity contribution in [2.24, 2.45) is 0 Å². The van der Waals surface area contributed by atoms with Crippen molar-refractivity contribution in [1.82, 2.24) is 0 Å². The number of hydrogen-bond donors (Lipinski definition) is 0. The Morgan fingerprint density at radius 1 is 1.09 bits per heavy atom. The standard InChI is InChI=1S/C18H15Cl2NO2/c1-2-22-18-10-13(4-3-9-21)5-8-17(18)23-12-14-6-7-15(19)11-16(14)20/h3-8,10-11H,2,12H2,1H3/b4-3+. The quantitative estimate of drug-likeness (QED) is 0.647. The van der Waals surface area contributed by atoms with Crippen LogP contribution in [0.2, 0.25) is 10.0 Å². The van der Waals surface area contributed by atoms with Crippen molar-refractivity contribution in [3.8, 4) is 17.6 Å². The largest absolute Gasteiger partial charge is 0.490 e. The second-order valence-corrected chi connectivity index (χ2v) is 5.47. The van der Waals surface area contributed by atoms with Crippen LogP contribution in [0.3, 0.4) is 0 Å². The summed E-state index contributed by atoms with van der Waals surface area (Å²) in [6, 6.07) is 12.7. The highest BCUT2D eigenvalue weighted by Crippen LogP contribution is 2.31. The van der Waals surface area contributed by atoms with Gasteiger partial charge in [0.25, 0.3) is 0 Å². The summed E-state index contributed by atoms with van der Waals surface area (Å²) in [6.45, 7) is 2.73. The van der Waals surface area contributed by atoms with Crippen LogP contribution in [0.4, 0.5) is 0 Å². The number of benzene rings is 2. The first-order valence-electron chi connectivity index (χ1n) is 7.03. The smallest absolute Gasteiger partial charge is 0.161 e. The molecule has 0 aliphatic carbocycles. The third kappa shape index (κ3) is 4.92. The molecule has 2 aromatic rings. The van der Waals surface area contributed by atoms with Gasteiger partial charge in [0.05, 0.1) is 12.7 Å². The molecule has 0 saturated heterocycles. The summed E-state index contributed by atoms with van der Waals surface area (Å²) in [7, 11) is 0. The van der Waals surface area contributed by atoms with Gasteiger partial charge in [0.2, 0.25) is 0 Å². The Balaban J connectivity index is 2.18. The highest BCUT2D eigenvalue weighted by atomic mass is 35.5.